The minimum Gasteiger partial charge on any atom is -0.494 e. The smallest absolute Gasteiger partial charge is 0.223 e. The number of nitrogens with one attached hydrogen (secondary N) is 1. The Morgan fingerprint density at radius 2 is 2.00 bits per heavy atom. The van der Waals surface area contributed by atoms with E-state index in [4.69, 9.17) is 4.74 Å². The standard InChI is InChI=1S/C18H28N2O2.ClH/c1-4-13-22-17-8-5-16(6-9-17)7-10-18(21)20-12-11-19-14(2)15(20)3;/h5-6,8-9,14-15,19H,4,7,10-13H2,1-3H3;1H. The largest absolute Gasteiger partial charge is 0.494 e. The lowest BCUT2D eigenvalue weighted by Crippen LogP contribution is -2.57. The lowest BCUT2D eigenvalue weighted by atomic mass is 10.0. The lowest BCUT2D eigenvalue weighted by molar-refractivity contribution is -0.134. The van der Waals surface area contributed by atoms with Crippen LogP contribution >= 0.6 is 12.4 Å². The Labute approximate surface area is 146 Å². The van der Waals surface area contributed by atoms with Crippen molar-refractivity contribution in [2.24, 2.45) is 0 Å². The first-order valence-corrected chi connectivity index (χ1v) is 8.36. The summed E-state index contributed by atoms with van der Waals surface area (Å²) in [6, 6.07) is 8.74. The number of hydrogen-bond donors (Lipinski definition) is 1. The van der Waals surface area contributed by atoms with Gasteiger partial charge in [-0.3, -0.25) is 4.79 Å². The van der Waals surface area contributed by atoms with Crippen LogP contribution in [0.4, 0.5) is 0 Å². The third-order valence-electron chi connectivity index (χ3n) is 4.38. The van der Waals surface area contributed by atoms with E-state index in [9.17, 15) is 4.79 Å². The summed E-state index contributed by atoms with van der Waals surface area (Å²) in [6.45, 7) is 8.80. The van der Waals surface area contributed by atoms with Crippen molar-refractivity contribution in [3.63, 3.8) is 0 Å². The molecule has 130 valence electrons. The van der Waals surface area contributed by atoms with Gasteiger partial charge in [-0.15, -0.1) is 12.4 Å². The quantitative estimate of drug-likeness (QED) is 0.865. The van der Waals surface area contributed by atoms with E-state index >= 15 is 0 Å². The number of halogens is 1. The third-order valence-corrected chi connectivity index (χ3v) is 4.38. The molecule has 23 heavy (non-hydrogen) atoms. The highest BCUT2D eigenvalue weighted by Gasteiger charge is 2.27. The Balaban J connectivity index is 0.00000264. The number of carbonyl (C=O) groups excluding carboxylic acids is 1. The zero-order chi connectivity index (χ0) is 15.9. The summed E-state index contributed by atoms with van der Waals surface area (Å²) >= 11 is 0. The van der Waals surface area contributed by atoms with Crippen LogP contribution in [0, 0.1) is 0 Å². The van der Waals surface area contributed by atoms with Gasteiger partial charge in [0.05, 0.1) is 6.61 Å². The van der Waals surface area contributed by atoms with E-state index in [1.807, 2.05) is 17.0 Å². The van der Waals surface area contributed by atoms with E-state index in [0.29, 0.717) is 12.5 Å². The lowest BCUT2D eigenvalue weighted by Gasteiger charge is -2.38. The molecule has 2 rings (SSSR count). The number of amides is 1. The van der Waals surface area contributed by atoms with E-state index < -0.39 is 0 Å². The summed E-state index contributed by atoms with van der Waals surface area (Å²) in [4.78, 5) is 14.4. The molecule has 0 saturated carbocycles. The molecule has 1 aliphatic rings. The molecular weight excluding hydrogens is 312 g/mol. The van der Waals surface area contributed by atoms with Gasteiger partial charge in [0.25, 0.3) is 0 Å². The van der Waals surface area contributed by atoms with Crippen LogP contribution in [0.25, 0.3) is 0 Å². The third kappa shape index (κ3) is 5.70. The van der Waals surface area contributed by atoms with Crippen LogP contribution in [-0.4, -0.2) is 42.6 Å². The molecule has 4 nitrogen and oxygen atoms in total. The van der Waals surface area contributed by atoms with Crippen molar-refractivity contribution in [1.82, 2.24) is 10.2 Å². The van der Waals surface area contributed by atoms with Gasteiger partial charge >= 0.3 is 0 Å². The molecule has 1 saturated heterocycles. The van der Waals surface area contributed by atoms with Gasteiger partial charge in [-0.2, -0.15) is 0 Å². The number of nitrogens with zero attached hydrogens (tertiary/aromatic N) is 1. The molecule has 5 heteroatoms. The van der Waals surface area contributed by atoms with E-state index in [0.717, 1.165) is 38.3 Å². The molecule has 1 aliphatic heterocycles. The summed E-state index contributed by atoms with van der Waals surface area (Å²) < 4.78 is 5.57. The number of hydrogen-bond acceptors (Lipinski definition) is 3. The van der Waals surface area contributed by atoms with Crippen LogP contribution in [0.3, 0.4) is 0 Å². The van der Waals surface area contributed by atoms with E-state index in [1.165, 1.54) is 5.56 Å². The van der Waals surface area contributed by atoms with Gasteiger partial charge in [-0.05, 0) is 44.4 Å². The number of aryl methyl sites for hydroxylation is 1. The first-order chi connectivity index (χ1) is 10.6. The Bertz CT molecular complexity index is 478. The van der Waals surface area contributed by atoms with Gasteiger partial charge in [-0.25, -0.2) is 0 Å². The summed E-state index contributed by atoms with van der Waals surface area (Å²) in [5, 5.41) is 3.41. The van der Waals surface area contributed by atoms with Gasteiger partial charge in [0.2, 0.25) is 5.91 Å². The van der Waals surface area contributed by atoms with Crippen LogP contribution in [0.1, 0.15) is 39.2 Å². The van der Waals surface area contributed by atoms with Gasteiger partial charge < -0.3 is 15.0 Å². The molecule has 0 bridgehead atoms. The summed E-state index contributed by atoms with van der Waals surface area (Å²) in [5.41, 5.74) is 1.19. The van der Waals surface area contributed by atoms with Gasteiger partial charge in [-0.1, -0.05) is 19.1 Å². The summed E-state index contributed by atoms with van der Waals surface area (Å²) in [6.07, 6.45) is 2.38. The fourth-order valence-electron chi connectivity index (χ4n) is 2.78. The molecule has 1 aromatic carbocycles. The minimum atomic E-state index is 0. The maximum absolute atomic E-state index is 12.4. The van der Waals surface area contributed by atoms with Crippen LogP contribution in [0.5, 0.6) is 5.75 Å². The first-order valence-electron chi connectivity index (χ1n) is 8.36. The average molecular weight is 341 g/mol. The second-order valence-corrected chi connectivity index (χ2v) is 6.06. The van der Waals surface area contributed by atoms with Crippen LogP contribution < -0.4 is 10.1 Å². The summed E-state index contributed by atoms with van der Waals surface area (Å²) in [7, 11) is 0. The molecular formula is C18H29ClN2O2. The van der Waals surface area contributed by atoms with Crippen molar-refractivity contribution in [2.45, 2.75) is 52.1 Å². The Kier molecular flexibility index (Phi) is 8.42. The predicted octanol–water partition coefficient (Wildman–Crippen LogP) is 3.04. The molecule has 1 amide bonds. The van der Waals surface area contributed by atoms with E-state index in [1.54, 1.807) is 0 Å². The van der Waals surface area contributed by atoms with Crippen molar-refractivity contribution in [2.75, 3.05) is 19.7 Å². The van der Waals surface area contributed by atoms with Crippen molar-refractivity contribution < 1.29 is 9.53 Å². The molecule has 0 aromatic heterocycles. The van der Waals surface area contributed by atoms with E-state index in [-0.39, 0.29) is 24.4 Å². The number of benzene rings is 1. The molecule has 2 atom stereocenters. The monoisotopic (exact) mass is 340 g/mol. The second-order valence-electron chi connectivity index (χ2n) is 6.06. The molecule has 2 unspecified atom stereocenters. The van der Waals surface area contributed by atoms with Crippen molar-refractivity contribution in [3.8, 4) is 5.75 Å². The SMILES string of the molecule is CCCOc1ccc(CCC(=O)N2CCNC(C)C2C)cc1.Cl. The fourth-order valence-corrected chi connectivity index (χ4v) is 2.78. The predicted molar refractivity (Wildman–Crippen MR) is 96.4 cm³/mol. The Hall–Kier alpha value is -1.26. The zero-order valence-corrected chi connectivity index (χ0v) is 15.2. The Morgan fingerprint density at radius 3 is 2.65 bits per heavy atom. The number of carbonyl (C=O) groups is 1. The minimum absolute atomic E-state index is 0. The number of ether oxygens (including phenoxy) is 1. The summed E-state index contributed by atoms with van der Waals surface area (Å²) in [5.74, 6) is 1.16. The molecule has 1 heterocycles. The highest BCUT2D eigenvalue weighted by Crippen LogP contribution is 2.15. The van der Waals surface area contributed by atoms with Crippen LogP contribution in [0.15, 0.2) is 24.3 Å². The topological polar surface area (TPSA) is 41.6 Å². The molecule has 0 spiro atoms. The highest BCUT2D eigenvalue weighted by atomic mass is 35.5. The first kappa shape index (κ1) is 19.8. The van der Waals surface area contributed by atoms with Crippen molar-refractivity contribution >= 4 is 18.3 Å². The van der Waals surface area contributed by atoms with Gasteiger partial charge in [0.15, 0.2) is 0 Å². The Morgan fingerprint density at radius 1 is 1.30 bits per heavy atom. The maximum Gasteiger partial charge on any atom is 0.223 e. The van der Waals surface area contributed by atoms with Crippen molar-refractivity contribution in [3.05, 3.63) is 29.8 Å². The molecule has 0 radical (unpaired) electrons. The van der Waals surface area contributed by atoms with Gasteiger partial charge in [0.1, 0.15) is 5.75 Å². The zero-order valence-electron chi connectivity index (χ0n) is 14.4. The normalized spacial score (nSPS) is 20.7. The van der Waals surface area contributed by atoms with Crippen molar-refractivity contribution in [1.29, 1.82) is 0 Å². The highest BCUT2D eigenvalue weighted by molar-refractivity contribution is 5.85. The molecule has 1 aromatic rings. The number of piperazine rings is 1. The second kappa shape index (κ2) is 9.78. The van der Waals surface area contributed by atoms with Crippen LogP contribution in [-0.2, 0) is 11.2 Å². The fraction of sp³-hybridized carbons (Fsp3) is 0.611. The average Bonchev–Trinajstić information content (AvgIpc) is 2.54. The molecule has 0 aliphatic carbocycles. The van der Waals surface area contributed by atoms with E-state index in [2.05, 4.69) is 38.2 Å². The molecule has 1 fully saturated rings. The molecule has 1 N–H and O–H groups in total. The van der Waals surface area contributed by atoms with Gasteiger partial charge in [0, 0.05) is 31.6 Å². The maximum atomic E-state index is 12.4. The number of rotatable bonds is 6. The van der Waals surface area contributed by atoms with Crippen LogP contribution in [0.2, 0.25) is 0 Å².